The SMILES string of the molecule is COc1cccc(-c2cc(OC(C)C)c(OC)cc2[C@H]2Cc3nc(N)nc(C)c3C(=O)N2)n1. The second kappa shape index (κ2) is 8.93. The zero-order chi connectivity index (χ0) is 23.7. The molecule has 9 heteroatoms. The van der Waals surface area contributed by atoms with Crippen molar-refractivity contribution in [2.45, 2.75) is 39.3 Å². The van der Waals surface area contributed by atoms with Crippen molar-refractivity contribution in [1.29, 1.82) is 0 Å². The molecule has 1 aliphatic heterocycles. The summed E-state index contributed by atoms with van der Waals surface area (Å²) in [5.74, 6) is 1.52. The van der Waals surface area contributed by atoms with Crippen LogP contribution in [0.15, 0.2) is 30.3 Å². The Kier molecular flexibility index (Phi) is 6.04. The number of nitrogen functional groups attached to an aromatic ring is 1. The molecule has 1 aliphatic rings. The van der Waals surface area contributed by atoms with Crippen molar-refractivity contribution in [1.82, 2.24) is 20.3 Å². The number of aromatic nitrogens is 3. The maximum atomic E-state index is 13.0. The van der Waals surface area contributed by atoms with E-state index in [1.807, 2.05) is 38.1 Å². The smallest absolute Gasteiger partial charge is 0.255 e. The number of hydrogen-bond donors (Lipinski definition) is 2. The van der Waals surface area contributed by atoms with Gasteiger partial charge in [-0.2, -0.15) is 0 Å². The summed E-state index contributed by atoms with van der Waals surface area (Å²) >= 11 is 0. The lowest BCUT2D eigenvalue weighted by molar-refractivity contribution is 0.0922. The molecule has 0 aliphatic carbocycles. The molecule has 0 saturated heterocycles. The van der Waals surface area contributed by atoms with Gasteiger partial charge in [-0.05, 0) is 44.5 Å². The first-order valence-corrected chi connectivity index (χ1v) is 10.6. The van der Waals surface area contributed by atoms with Gasteiger partial charge in [-0.3, -0.25) is 4.79 Å². The Morgan fingerprint density at radius 2 is 1.88 bits per heavy atom. The van der Waals surface area contributed by atoms with Crippen molar-refractivity contribution in [2.24, 2.45) is 0 Å². The van der Waals surface area contributed by atoms with Gasteiger partial charge in [-0.1, -0.05) is 6.07 Å². The third-order valence-electron chi connectivity index (χ3n) is 5.39. The number of pyridine rings is 1. The lowest BCUT2D eigenvalue weighted by atomic mass is 9.89. The first kappa shape index (κ1) is 22.3. The summed E-state index contributed by atoms with van der Waals surface area (Å²) in [5, 5.41) is 3.08. The van der Waals surface area contributed by atoms with Crippen molar-refractivity contribution in [3.63, 3.8) is 0 Å². The van der Waals surface area contributed by atoms with Crippen molar-refractivity contribution in [3.05, 3.63) is 52.8 Å². The molecule has 1 aromatic carbocycles. The summed E-state index contributed by atoms with van der Waals surface area (Å²) in [6, 6.07) is 8.90. The van der Waals surface area contributed by atoms with Crippen LogP contribution in [0.4, 0.5) is 5.95 Å². The standard InChI is InChI=1S/C24H27N5O4/c1-12(2)33-20-10-14(16-7-6-8-21(27-16)32-5)15(9-19(20)31-4)17-11-18-22(23(30)28-17)13(3)26-24(25)29-18/h6-10,12,17H,11H2,1-5H3,(H,28,30)(H2,25,26,29)/t17-/m1/s1. The van der Waals surface area contributed by atoms with Gasteiger partial charge in [-0.15, -0.1) is 0 Å². The summed E-state index contributed by atoms with van der Waals surface area (Å²) < 4.78 is 16.9. The number of methoxy groups -OCH3 is 2. The van der Waals surface area contributed by atoms with Gasteiger partial charge in [-0.25, -0.2) is 15.0 Å². The van der Waals surface area contributed by atoms with Crippen molar-refractivity contribution < 1.29 is 19.0 Å². The van der Waals surface area contributed by atoms with E-state index in [0.29, 0.717) is 46.4 Å². The van der Waals surface area contributed by atoms with Gasteiger partial charge in [0.05, 0.1) is 49.0 Å². The molecule has 0 unspecified atom stereocenters. The average molecular weight is 450 g/mol. The highest BCUT2D eigenvalue weighted by Crippen LogP contribution is 2.40. The van der Waals surface area contributed by atoms with Crippen LogP contribution in [0.5, 0.6) is 17.4 Å². The Balaban J connectivity index is 1.88. The van der Waals surface area contributed by atoms with Crippen LogP contribution in [-0.4, -0.2) is 41.2 Å². The molecule has 3 aromatic rings. The Morgan fingerprint density at radius 1 is 1.09 bits per heavy atom. The second-order valence-corrected chi connectivity index (χ2v) is 8.04. The molecule has 1 atom stereocenters. The molecular formula is C24H27N5O4. The highest BCUT2D eigenvalue weighted by Gasteiger charge is 2.31. The molecule has 3 N–H and O–H groups in total. The number of fused-ring (bicyclic) bond motifs is 1. The minimum absolute atomic E-state index is 0.0558. The number of carbonyl (C=O) groups excluding carboxylic acids is 1. The number of benzene rings is 1. The van der Waals surface area contributed by atoms with E-state index in [9.17, 15) is 4.79 Å². The summed E-state index contributed by atoms with van der Waals surface area (Å²) in [4.78, 5) is 26.1. The number of amides is 1. The van der Waals surface area contributed by atoms with Gasteiger partial charge in [0.1, 0.15) is 0 Å². The number of hydrogen-bond acceptors (Lipinski definition) is 8. The van der Waals surface area contributed by atoms with Gasteiger partial charge in [0.2, 0.25) is 11.8 Å². The van der Waals surface area contributed by atoms with Crippen LogP contribution in [-0.2, 0) is 6.42 Å². The normalized spacial score (nSPS) is 15.1. The van der Waals surface area contributed by atoms with Crippen LogP contribution in [0.2, 0.25) is 0 Å². The molecule has 0 spiro atoms. The fourth-order valence-corrected chi connectivity index (χ4v) is 4.03. The van der Waals surface area contributed by atoms with Crippen molar-refractivity contribution in [2.75, 3.05) is 20.0 Å². The number of ether oxygens (including phenoxy) is 3. The van der Waals surface area contributed by atoms with E-state index < -0.39 is 0 Å². The van der Waals surface area contributed by atoms with E-state index in [0.717, 1.165) is 11.1 Å². The fraction of sp³-hybridized carbons (Fsp3) is 0.333. The number of nitrogens with zero attached hydrogens (tertiary/aromatic N) is 3. The predicted octanol–water partition coefficient (Wildman–Crippen LogP) is 3.26. The van der Waals surface area contributed by atoms with Gasteiger partial charge in [0.15, 0.2) is 11.5 Å². The van der Waals surface area contributed by atoms with Gasteiger partial charge in [0, 0.05) is 18.1 Å². The molecular weight excluding hydrogens is 422 g/mol. The van der Waals surface area contributed by atoms with Crippen molar-refractivity contribution >= 4 is 11.9 Å². The number of anilines is 1. The van der Waals surface area contributed by atoms with Gasteiger partial charge < -0.3 is 25.3 Å². The van der Waals surface area contributed by atoms with E-state index in [-0.39, 0.29) is 24.0 Å². The first-order valence-electron chi connectivity index (χ1n) is 10.6. The van der Waals surface area contributed by atoms with Crippen LogP contribution in [0.25, 0.3) is 11.3 Å². The van der Waals surface area contributed by atoms with Crippen LogP contribution < -0.4 is 25.3 Å². The van der Waals surface area contributed by atoms with E-state index in [4.69, 9.17) is 19.9 Å². The molecule has 0 bridgehead atoms. The molecule has 9 nitrogen and oxygen atoms in total. The zero-order valence-electron chi connectivity index (χ0n) is 19.3. The Labute approximate surface area is 192 Å². The van der Waals surface area contributed by atoms with E-state index in [2.05, 4.69) is 20.3 Å². The zero-order valence-corrected chi connectivity index (χ0v) is 19.3. The lowest BCUT2D eigenvalue weighted by Gasteiger charge is -2.28. The van der Waals surface area contributed by atoms with E-state index >= 15 is 0 Å². The fourth-order valence-electron chi connectivity index (χ4n) is 4.03. The predicted molar refractivity (Wildman–Crippen MR) is 124 cm³/mol. The highest BCUT2D eigenvalue weighted by atomic mass is 16.5. The number of nitrogens with two attached hydrogens (primary N) is 1. The number of carbonyl (C=O) groups is 1. The van der Waals surface area contributed by atoms with Crippen molar-refractivity contribution in [3.8, 4) is 28.6 Å². The number of rotatable bonds is 6. The third-order valence-corrected chi connectivity index (χ3v) is 5.39. The van der Waals surface area contributed by atoms with Crippen LogP contribution >= 0.6 is 0 Å². The molecule has 3 heterocycles. The van der Waals surface area contributed by atoms with Crippen LogP contribution in [0, 0.1) is 6.92 Å². The van der Waals surface area contributed by atoms with Gasteiger partial charge >= 0.3 is 0 Å². The Hall–Kier alpha value is -3.88. The second-order valence-electron chi connectivity index (χ2n) is 8.04. The summed E-state index contributed by atoms with van der Waals surface area (Å²) in [7, 11) is 3.15. The molecule has 33 heavy (non-hydrogen) atoms. The molecule has 2 aromatic heterocycles. The Morgan fingerprint density at radius 3 is 2.58 bits per heavy atom. The van der Waals surface area contributed by atoms with Gasteiger partial charge in [0.25, 0.3) is 5.91 Å². The maximum Gasteiger partial charge on any atom is 0.255 e. The molecule has 0 fully saturated rings. The minimum atomic E-state index is -0.385. The molecule has 1 amide bonds. The average Bonchev–Trinajstić information content (AvgIpc) is 2.77. The molecule has 4 rings (SSSR count). The maximum absolute atomic E-state index is 13.0. The minimum Gasteiger partial charge on any atom is -0.493 e. The monoisotopic (exact) mass is 449 g/mol. The van der Waals surface area contributed by atoms with E-state index in [1.165, 1.54) is 0 Å². The van der Waals surface area contributed by atoms with Crippen LogP contribution in [0.1, 0.15) is 47.2 Å². The summed E-state index contributed by atoms with van der Waals surface area (Å²) in [5.41, 5.74) is 9.78. The molecule has 0 saturated carbocycles. The van der Waals surface area contributed by atoms with E-state index in [1.54, 1.807) is 27.2 Å². The van der Waals surface area contributed by atoms with Crippen LogP contribution in [0.3, 0.4) is 0 Å². The quantitative estimate of drug-likeness (QED) is 0.588. The summed E-state index contributed by atoms with van der Waals surface area (Å²) in [6.45, 7) is 5.65. The topological polar surface area (TPSA) is 121 Å². The first-order chi connectivity index (χ1) is 15.8. The Bertz CT molecular complexity index is 1210. The molecule has 0 radical (unpaired) electrons. The number of aryl methyl sites for hydroxylation is 1. The summed E-state index contributed by atoms with van der Waals surface area (Å²) in [6.07, 6.45) is 0.388. The molecule has 172 valence electrons. The number of nitrogens with one attached hydrogen (secondary N) is 1. The highest BCUT2D eigenvalue weighted by molar-refractivity contribution is 5.98. The lowest BCUT2D eigenvalue weighted by Crippen LogP contribution is -2.37. The third kappa shape index (κ3) is 4.39. The largest absolute Gasteiger partial charge is 0.493 e.